The van der Waals surface area contributed by atoms with Crippen molar-refractivity contribution in [3.05, 3.63) is 22.9 Å². The topological polar surface area (TPSA) is 59.1 Å². The van der Waals surface area contributed by atoms with Gasteiger partial charge in [-0.25, -0.2) is 4.98 Å². The van der Waals surface area contributed by atoms with Crippen molar-refractivity contribution in [1.82, 2.24) is 15.3 Å². The van der Waals surface area contributed by atoms with Crippen molar-refractivity contribution in [2.75, 3.05) is 32.1 Å². The van der Waals surface area contributed by atoms with Crippen LogP contribution in [0.25, 0.3) is 0 Å². The monoisotopic (exact) mass is 254 g/mol. The summed E-state index contributed by atoms with van der Waals surface area (Å²) in [5.41, 5.74) is 1.36. The molecule has 1 aromatic rings. The predicted molar refractivity (Wildman–Crippen MR) is 67.7 cm³/mol. The van der Waals surface area contributed by atoms with Crippen LogP contribution < -0.4 is 15.4 Å². The van der Waals surface area contributed by atoms with Crippen LogP contribution in [0.3, 0.4) is 0 Å². The number of ether oxygens (including phenoxy) is 1. The van der Waals surface area contributed by atoms with Crippen molar-refractivity contribution in [1.29, 1.82) is 0 Å². The number of halogens is 1. The Hall–Kier alpha value is -1.33. The lowest BCUT2D eigenvalue weighted by molar-refractivity contribution is 0.380. The molecule has 0 aliphatic carbocycles. The molecule has 0 aromatic carbocycles. The van der Waals surface area contributed by atoms with Crippen LogP contribution in [0, 0.1) is 0 Å². The minimum absolute atomic E-state index is 0.316. The molecule has 1 aliphatic rings. The SMILES string of the molecule is COc1ncc(Cl)c(NCC2=CCNCC2)n1. The van der Waals surface area contributed by atoms with E-state index in [0.29, 0.717) is 16.9 Å². The van der Waals surface area contributed by atoms with E-state index in [-0.39, 0.29) is 0 Å². The van der Waals surface area contributed by atoms with Gasteiger partial charge in [-0.2, -0.15) is 4.98 Å². The maximum absolute atomic E-state index is 6.00. The average molecular weight is 255 g/mol. The number of rotatable bonds is 4. The Morgan fingerprint density at radius 2 is 2.47 bits per heavy atom. The van der Waals surface area contributed by atoms with E-state index < -0.39 is 0 Å². The van der Waals surface area contributed by atoms with Crippen molar-refractivity contribution in [2.24, 2.45) is 0 Å². The normalized spacial score (nSPS) is 15.3. The molecule has 0 amide bonds. The lowest BCUT2D eigenvalue weighted by Crippen LogP contribution is -2.23. The minimum Gasteiger partial charge on any atom is -0.467 e. The second kappa shape index (κ2) is 5.84. The number of hydrogen-bond donors (Lipinski definition) is 2. The summed E-state index contributed by atoms with van der Waals surface area (Å²) in [6.45, 7) is 2.70. The fraction of sp³-hybridized carbons (Fsp3) is 0.455. The van der Waals surface area contributed by atoms with Crippen LogP contribution in [0.1, 0.15) is 6.42 Å². The standard InChI is InChI=1S/C11H15ClN4O/c1-17-11-15-7-9(12)10(16-11)14-6-8-2-4-13-5-3-8/h2,7,13H,3-6H2,1H3,(H,14,15,16). The molecule has 5 nitrogen and oxygen atoms in total. The van der Waals surface area contributed by atoms with E-state index in [2.05, 4.69) is 26.7 Å². The molecule has 0 radical (unpaired) electrons. The quantitative estimate of drug-likeness (QED) is 0.797. The minimum atomic E-state index is 0.316. The highest BCUT2D eigenvalue weighted by Gasteiger charge is 2.07. The fourth-order valence-electron chi connectivity index (χ4n) is 1.60. The van der Waals surface area contributed by atoms with Gasteiger partial charge in [-0.1, -0.05) is 23.3 Å². The summed E-state index contributed by atoms with van der Waals surface area (Å²) in [7, 11) is 1.53. The van der Waals surface area contributed by atoms with Crippen LogP contribution in [0.2, 0.25) is 5.02 Å². The molecular formula is C11H15ClN4O. The van der Waals surface area contributed by atoms with Gasteiger partial charge in [0.1, 0.15) is 5.02 Å². The summed E-state index contributed by atoms with van der Waals surface area (Å²) < 4.78 is 4.96. The maximum Gasteiger partial charge on any atom is 0.318 e. The van der Waals surface area contributed by atoms with Gasteiger partial charge < -0.3 is 15.4 Å². The van der Waals surface area contributed by atoms with Gasteiger partial charge >= 0.3 is 6.01 Å². The number of methoxy groups -OCH3 is 1. The summed E-state index contributed by atoms with van der Waals surface area (Å²) in [5, 5.41) is 6.97. The van der Waals surface area contributed by atoms with Gasteiger partial charge in [0, 0.05) is 13.1 Å². The van der Waals surface area contributed by atoms with Gasteiger partial charge in [-0.05, 0) is 13.0 Å². The van der Waals surface area contributed by atoms with Gasteiger partial charge in [0.25, 0.3) is 0 Å². The number of anilines is 1. The van der Waals surface area contributed by atoms with Crippen molar-refractivity contribution in [3.63, 3.8) is 0 Å². The summed E-state index contributed by atoms with van der Waals surface area (Å²) in [4.78, 5) is 8.08. The van der Waals surface area contributed by atoms with E-state index in [9.17, 15) is 0 Å². The highest BCUT2D eigenvalue weighted by molar-refractivity contribution is 6.32. The third-order valence-electron chi connectivity index (χ3n) is 2.55. The number of aromatic nitrogens is 2. The van der Waals surface area contributed by atoms with Crippen LogP contribution >= 0.6 is 11.6 Å². The summed E-state index contributed by atoms with van der Waals surface area (Å²) in [6, 6.07) is 0.316. The Kier molecular flexibility index (Phi) is 4.17. The Morgan fingerprint density at radius 3 is 3.18 bits per heavy atom. The molecule has 0 fully saturated rings. The highest BCUT2D eigenvalue weighted by Crippen LogP contribution is 2.20. The molecule has 2 N–H and O–H groups in total. The highest BCUT2D eigenvalue weighted by atomic mass is 35.5. The molecule has 0 saturated heterocycles. The van der Waals surface area contributed by atoms with Crippen LogP contribution in [-0.4, -0.2) is 36.7 Å². The molecule has 0 unspecified atom stereocenters. The first-order chi connectivity index (χ1) is 8.29. The second-order valence-corrected chi connectivity index (χ2v) is 4.13. The first-order valence-corrected chi connectivity index (χ1v) is 5.86. The molecule has 2 rings (SSSR count). The van der Waals surface area contributed by atoms with Gasteiger partial charge in [-0.15, -0.1) is 0 Å². The zero-order valence-electron chi connectivity index (χ0n) is 9.66. The smallest absolute Gasteiger partial charge is 0.318 e. The molecule has 6 heteroatoms. The summed E-state index contributed by atoms with van der Waals surface area (Å²) in [5.74, 6) is 0.609. The first-order valence-electron chi connectivity index (χ1n) is 5.48. The van der Waals surface area contributed by atoms with E-state index in [1.807, 2.05) is 0 Å². The molecular weight excluding hydrogens is 240 g/mol. The zero-order chi connectivity index (χ0) is 12.1. The Bertz CT molecular complexity index is 422. The van der Waals surface area contributed by atoms with E-state index in [0.717, 1.165) is 26.1 Å². The molecule has 0 atom stereocenters. The first kappa shape index (κ1) is 12.1. The third kappa shape index (κ3) is 3.31. The molecule has 0 spiro atoms. The van der Waals surface area contributed by atoms with E-state index in [4.69, 9.17) is 16.3 Å². The summed E-state index contributed by atoms with van der Waals surface area (Å²) >= 11 is 6.00. The second-order valence-electron chi connectivity index (χ2n) is 3.72. The van der Waals surface area contributed by atoms with Crippen LogP contribution in [0.5, 0.6) is 6.01 Å². The Balaban J connectivity index is 2.00. The van der Waals surface area contributed by atoms with Crippen LogP contribution in [-0.2, 0) is 0 Å². The van der Waals surface area contributed by atoms with Gasteiger partial charge in [0.2, 0.25) is 0 Å². The van der Waals surface area contributed by atoms with E-state index in [1.54, 1.807) is 0 Å². The molecule has 1 aromatic heterocycles. The summed E-state index contributed by atoms with van der Waals surface area (Å²) in [6.07, 6.45) is 4.77. The third-order valence-corrected chi connectivity index (χ3v) is 2.82. The fourth-order valence-corrected chi connectivity index (χ4v) is 1.76. The van der Waals surface area contributed by atoms with Gasteiger partial charge in [0.05, 0.1) is 13.3 Å². The lowest BCUT2D eigenvalue weighted by atomic mass is 10.1. The number of nitrogens with zero attached hydrogens (tertiary/aromatic N) is 2. The van der Waals surface area contributed by atoms with E-state index in [1.165, 1.54) is 18.9 Å². The largest absolute Gasteiger partial charge is 0.467 e. The molecule has 2 heterocycles. The lowest BCUT2D eigenvalue weighted by Gasteiger charge is -2.15. The van der Waals surface area contributed by atoms with Gasteiger partial charge in [0.15, 0.2) is 5.82 Å². The maximum atomic E-state index is 6.00. The molecule has 0 saturated carbocycles. The van der Waals surface area contributed by atoms with Gasteiger partial charge in [-0.3, -0.25) is 0 Å². The number of nitrogens with one attached hydrogen (secondary N) is 2. The Labute approximate surface area is 105 Å². The molecule has 17 heavy (non-hydrogen) atoms. The zero-order valence-corrected chi connectivity index (χ0v) is 10.4. The predicted octanol–water partition coefficient (Wildman–Crippen LogP) is 1.47. The van der Waals surface area contributed by atoms with Crippen molar-refractivity contribution < 1.29 is 4.74 Å². The molecule has 1 aliphatic heterocycles. The van der Waals surface area contributed by atoms with Crippen molar-refractivity contribution >= 4 is 17.4 Å². The van der Waals surface area contributed by atoms with Crippen LogP contribution in [0.4, 0.5) is 5.82 Å². The van der Waals surface area contributed by atoms with Crippen molar-refractivity contribution in [3.8, 4) is 6.01 Å². The Morgan fingerprint density at radius 1 is 1.59 bits per heavy atom. The average Bonchev–Trinajstić information content (AvgIpc) is 2.39. The van der Waals surface area contributed by atoms with E-state index >= 15 is 0 Å². The van der Waals surface area contributed by atoms with Crippen molar-refractivity contribution in [2.45, 2.75) is 6.42 Å². The molecule has 0 bridgehead atoms. The molecule has 92 valence electrons. The van der Waals surface area contributed by atoms with Crippen LogP contribution in [0.15, 0.2) is 17.8 Å². The number of hydrogen-bond acceptors (Lipinski definition) is 5.